The summed E-state index contributed by atoms with van der Waals surface area (Å²) in [7, 11) is 1.84. The van der Waals surface area contributed by atoms with Crippen molar-refractivity contribution in [2.45, 2.75) is 31.8 Å². The van der Waals surface area contributed by atoms with Crippen LogP contribution in [0.25, 0.3) is 0 Å². The molecule has 3 N–H and O–H groups in total. The van der Waals surface area contributed by atoms with Gasteiger partial charge in [-0.05, 0) is 26.8 Å². The minimum Gasteiger partial charge on any atom is -0.379 e. The number of likely N-dealkylation sites (N-methyl/N-ethyl adjacent to an activating group) is 1. The van der Waals surface area contributed by atoms with E-state index in [1.54, 1.807) is 0 Å². The van der Waals surface area contributed by atoms with E-state index in [-0.39, 0.29) is 35.7 Å². The van der Waals surface area contributed by atoms with E-state index in [4.69, 9.17) is 10.5 Å². The fourth-order valence-corrected chi connectivity index (χ4v) is 2.94. The first kappa shape index (κ1) is 14.3. The van der Waals surface area contributed by atoms with Gasteiger partial charge >= 0.3 is 0 Å². The fraction of sp³-hybridized carbons (Fsp3) is 0.846. The van der Waals surface area contributed by atoms with Gasteiger partial charge in [-0.15, -0.1) is 0 Å². The fourth-order valence-electron chi connectivity index (χ4n) is 2.94. The maximum Gasteiger partial charge on any atom is 0.229 e. The van der Waals surface area contributed by atoms with Gasteiger partial charge in [0.1, 0.15) is 0 Å². The maximum atomic E-state index is 12.6. The lowest BCUT2D eigenvalue weighted by atomic mass is 9.91. The van der Waals surface area contributed by atoms with Crippen LogP contribution < -0.4 is 11.1 Å². The molecule has 2 aliphatic rings. The molecular weight excluding hydrogens is 246 g/mol. The zero-order valence-corrected chi connectivity index (χ0v) is 11.6. The first-order chi connectivity index (χ1) is 9.04. The zero-order valence-electron chi connectivity index (χ0n) is 11.6. The van der Waals surface area contributed by atoms with Gasteiger partial charge < -0.3 is 20.7 Å². The number of nitrogens with one attached hydrogen (secondary N) is 1. The van der Waals surface area contributed by atoms with Gasteiger partial charge in [0.15, 0.2) is 0 Å². The van der Waals surface area contributed by atoms with Crippen molar-refractivity contribution >= 4 is 11.8 Å². The number of piperidine rings is 1. The molecule has 0 spiro atoms. The number of carbonyl (C=O) groups excluding carboxylic acids is 2. The Labute approximate surface area is 113 Å². The Morgan fingerprint density at radius 1 is 1.32 bits per heavy atom. The Morgan fingerprint density at radius 2 is 2.05 bits per heavy atom. The minimum absolute atomic E-state index is 0.0636. The van der Waals surface area contributed by atoms with E-state index in [1.807, 2.05) is 18.9 Å². The topological polar surface area (TPSA) is 84.7 Å². The lowest BCUT2D eigenvalue weighted by Gasteiger charge is -2.38. The molecule has 0 radical (unpaired) electrons. The van der Waals surface area contributed by atoms with Gasteiger partial charge in [0, 0.05) is 18.6 Å². The summed E-state index contributed by atoms with van der Waals surface area (Å²) in [6.07, 6.45) is 1.61. The molecule has 19 heavy (non-hydrogen) atoms. The number of ether oxygens (including phenoxy) is 1. The third-order valence-corrected chi connectivity index (χ3v) is 4.34. The summed E-state index contributed by atoms with van der Waals surface area (Å²) >= 11 is 0. The standard InChI is InChI=1S/C13H23N3O3/c1-8-3-4-9(12(14)17)5-16(8)13(18)10-6-19-7-11(10)15-2/h8-11,15H,3-7H2,1-2H3,(H2,14,17). The number of amides is 2. The average molecular weight is 269 g/mol. The van der Waals surface area contributed by atoms with Crippen LogP contribution >= 0.6 is 0 Å². The van der Waals surface area contributed by atoms with Crippen LogP contribution in [0.5, 0.6) is 0 Å². The summed E-state index contributed by atoms with van der Waals surface area (Å²) in [6, 6.07) is 0.231. The molecule has 4 atom stereocenters. The van der Waals surface area contributed by atoms with Crippen molar-refractivity contribution in [3.8, 4) is 0 Å². The summed E-state index contributed by atoms with van der Waals surface area (Å²) in [6.45, 7) is 3.49. The highest BCUT2D eigenvalue weighted by molar-refractivity contribution is 5.82. The zero-order chi connectivity index (χ0) is 14.0. The minimum atomic E-state index is -0.308. The normalized spacial score (nSPS) is 35.4. The average Bonchev–Trinajstić information content (AvgIpc) is 2.86. The van der Waals surface area contributed by atoms with E-state index in [0.717, 1.165) is 12.8 Å². The van der Waals surface area contributed by atoms with Crippen molar-refractivity contribution in [3.05, 3.63) is 0 Å². The molecule has 2 rings (SSSR count). The number of hydrogen-bond acceptors (Lipinski definition) is 4. The van der Waals surface area contributed by atoms with Crippen molar-refractivity contribution in [1.82, 2.24) is 10.2 Å². The monoisotopic (exact) mass is 269 g/mol. The smallest absolute Gasteiger partial charge is 0.229 e. The molecule has 4 unspecified atom stereocenters. The predicted molar refractivity (Wildman–Crippen MR) is 70.3 cm³/mol. The van der Waals surface area contributed by atoms with E-state index >= 15 is 0 Å². The van der Waals surface area contributed by atoms with E-state index in [0.29, 0.717) is 19.8 Å². The number of primary amides is 1. The van der Waals surface area contributed by atoms with Crippen molar-refractivity contribution in [3.63, 3.8) is 0 Å². The molecule has 2 amide bonds. The molecule has 0 saturated carbocycles. The SMILES string of the molecule is CNC1COCC1C(=O)N1CC(C(N)=O)CCC1C. The third-order valence-electron chi connectivity index (χ3n) is 4.34. The first-order valence-corrected chi connectivity index (χ1v) is 6.89. The number of rotatable bonds is 3. The highest BCUT2D eigenvalue weighted by Gasteiger charge is 2.39. The molecule has 108 valence electrons. The molecule has 0 aliphatic carbocycles. The van der Waals surface area contributed by atoms with Gasteiger partial charge in [-0.1, -0.05) is 0 Å². The Hall–Kier alpha value is -1.14. The molecule has 0 bridgehead atoms. The Balaban J connectivity index is 2.06. The second-order valence-corrected chi connectivity index (χ2v) is 5.56. The van der Waals surface area contributed by atoms with Crippen molar-refractivity contribution in [1.29, 1.82) is 0 Å². The van der Waals surface area contributed by atoms with Crippen LogP contribution in [-0.2, 0) is 14.3 Å². The third kappa shape index (κ3) is 2.90. The second kappa shape index (κ2) is 5.88. The highest BCUT2D eigenvalue weighted by Crippen LogP contribution is 2.25. The van der Waals surface area contributed by atoms with Crippen molar-refractivity contribution in [2.24, 2.45) is 17.6 Å². The van der Waals surface area contributed by atoms with Crippen LogP contribution in [0.2, 0.25) is 0 Å². The molecule has 0 aromatic carbocycles. The van der Waals surface area contributed by atoms with Crippen LogP contribution in [0.15, 0.2) is 0 Å². The lowest BCUT2D eigenvalue weighted by molar-refractivity contribution is -0.142. The summed E-state index contributed by atoms with van der Waals surface area (Å²) in [5.41, 5.74) is 5.37. The van der Waals surface area contributed by atoms with Crippen molar-refractivity contribution < 1.29 is 14.3 Å². The second-order valence-electron chi connectivity index (χ2n) is 5.56. The van der Waals surface area contributed by atoms with Crippen LogP contribution in [0.3, 0.4) is 0 Å². The highest BCUT2D eigenvalue weighted by atomic mass is 16.5. The maximum absolute atomic E-state index is 12.6. The molecule has 2 heterocycles. The summed E-state index contributed by atoms with van der Waals surface area (Å²) < 4.78 is 5.38. The Morgan fingerprint density at radius 3 is 2.68 bits per heavy atom. The van der Waals surface area contributed by atoms with Crippen molar-refractivity contribution in [2.75, 3.05) is 26.8 Å². The van der Waals surface area contributed by atoms with Gasteiger partial charge in [-0.25, -0.2) is 0 Å². The molecule has 0 aromatic heterocycles. The molecule has 2 saturated heterocycles. The Bertz CT molecular complexity index is 361. The number of likely N-dealkylation sites (tertiary alicyclic amines) is 1. The van der Waals surface area contributed by atoms with E-state index in [2.05, 4.69) is 5.32 Å². The summed E-state index contributed by atoms with van der Waals surface area (Å²) in [5, 5.41) is 3.12. The number of nitrogens with zero attached hydrogens (tertiary/aromatic N) is 1. The van der Waals surface area contributed by atoms with Gasteiger partial charge in [-0.2, -0.15) is 0 Å². The predicted octanol–water partition coefficient (Wildman–Crippen LogP) is -0.667. The molecule has 2 aliphatic heterocycles. The lowest BCUT2D eigenvalue weighted by Crippen LogP contribution is -2.53. The summed E-state index contributed by atoms with van der Waals surface area (Å²) in [4.78, 5) is 25.7. The van der Waals surface area contributed by atoms with Gasteiger partial charge in [-0.3, -0.25) is 9.59 Å². The number of nitrogens with two attached hydrogens (primary N) is 1. The molecule has 6 nitrogen and oxygen atoms in total. The van der Waals surface area contributed by atoms with Gasteiger partial charge in [0.25, 0.3) is 0 Å². The van der Waals surface area contributed by atoms with Gasteiger partial charge in [0.05, 0.1) is 25.0 Å². The van der Waals surface area contributed by atoms with Crippen LogP contribution in [0.4, 0.5) is 0 Å². The molecular formula is C13H23N3O3. The summed E-state index contributed by atoms with van der Waals surface area (Å²) in [5.74, 6) is -0.595. The van der Waals surface area contributed by atoms with E-state index in [9.17, 15) is 9.59 Å². The van der Waals surface area contributed by atoms with E-state index in [1.165, 1.54) is 0 Å². The van der Waals surface area contributed by atoms with Crippen LogP contribution in [-0.4, -0.2) is 55.6 Å². The van der Waals surface area contributed by atoms with Crippen LogP contribution in [0.1, 0.15) is 19.8 Å². The largest absolute Gasteiger partial charge is 0.379 e. The number of carbonyl (C=O) groups is 2. The Kier molecular flexibility index (Phi) is 4.42. The quantitative estimate of drug-likeness (QED) is 0.712. The van der Waals surface area contributed by atoms with E-state index < -0.39 is 0 Å². The van der Waals surface area contributed by atoms with Gasteiger partial charge in [0.2, 0.25) is 11.8 Å². The molecule has 2 fully saturated rings. The first-order valence-electron chi connectivity index (χ1n) is 6.89. The molecule has 0 aromatic rings. The van der Waals surface area contributed by atoms with Crippen LogP contribution in [0, 0.1) is 11.8 Å². The molecule has 6 heteroatoms. The number of hydrogen-bond donors (Lipinski definition) is 2.